The third kappa shape index (κ3) is 3.59. The Morgan fingerprint density at radius 2 is 2.05 bits per heavy atom. The molecule has 0 radical (unpaired) electrons. The molecule has 114 valence electrons. The third-order valence-electron chi connectivity index (χ3n) is 4.58. The summed E-state index contributed by atoms with van der Waals surface area (Å²) in [7, 11) is 0. The third-order valence-corrected chi connectivity index (χ3v) is 6.00. The van der Waals surface area contributed by atoms with E-state index in [2.05, 4.69) is 11.6 Å². The zero-order valence-corrected chi connectivity index (χ0v) is 12.9. The van der Waals surface area contributed by atoms with Gasteiger partial charge < -0.3 is 15.3 Å². The molecule has 1 aliphatic heterocycles. The Hall–Kier alpha value is -0.910. The minimum atomic E-state index is -0.798. The topological polar surface area (TPSA) is 69.6 Å². The molecule has 1 unspecified atom stereocenters. The highest BCUT2D eigenvalue weighted by atomic mass is 32.2. The maximum Gasteiger partial charge on any atom is 0.317 e. The summed E-state index contributed by atoms with van der Waals surface area (Å²) in [6, 6.07) is -0.104. The van der Waals surface area contributed by atoms with Crippen LogP contribution in [0.25, 0.3) is 0 Å². The van der Waals surface area contributed by atoms with E-state index in [1.54, 1.807) is 4.90 Å². The molecule has 2 fully saturated rings. The van der Waals surface area contributed by atoms with Crippen LogP contribution in [0, 0.1) is 5.92 Å². The molecule has 0 bridgehead atoms. The van der Waals surface area contributed by atoms with Crippen LogP contribution in [-0.4, -0.2) is 52.6 Å². The fourth-order valence-electron chi connectivity index (χ4n) is 3.14. The van der Waals surface area contributed by atoms with Crippen LogP contribution < -0.4 is 5.32 Å². The van der Waals surface area contributed by atoms with E-state index in [-0.39, 0.29) is 10.8 Å². The second-order valence-electron chi connectivity index (χ2n) is 5.88. The Labute approximate surface area is 124 Å². The Kier molecular flexibility index (Phi) is 5.18. The van der Waals surface area contributed by atoms with Crippen molar-refractivity contribution in [3.8, 4) is 0 Å². The molecule has 6 heteroatoms. The lowest BCUT2D eigenvalue weighted by Gasteiger charge is -2.36. The standard InChI is InChI=1S/C14H24N2O3S/c1-20-14(6-3-2-4-7-14)10-15-13(19)16-8-5-11(9-16)12(17)18/h11H,2-10H2,1H3,(H,15,19)(H,17,18). The lowest BCUT2D eigenvalue weighted by molar-refractivity contribution is -0.141. The first-order valence-electron chi connectivity index (χ1n) is 7.37. The van der Waals surface area contributed by atoms with Gasteiger partial charge in [-0.3, -0.25) is 4.79 Å². The lowest BCUT2D eigenvalue weighted by Crippen LogP contribution is -2.46. The number of carboxylic acid groups (broad SMARTS) is 1. The summed E-state index contributed by atoms with van der Waals surface area (Å²) < 4.78 is 0.180. The largest absolute Gasteiger partial charge is 0.481 e. The zero-order chi connectivity index (χ0) is 14.6. The lowest BCUT2D eigenvalue weighted by atomic mass is 9.88. The number of rotatable bonds is 4. The van der Waals surface area contributed by atoms with Crippen LogP contribution in [0.5, 0.6) is 0 Å². The summed E-state index contributed by atoms with van der Waals surface area (Å²) in [5.41, 5.74) is 0. The van der Waals surface area contributed by atoms with Gasteiger partial charge in [0.25, 0.3) is 0 Å². The number of thioether (sulfide) groups is 1. The molecule has 20 heavy (non-hydrogen) atoms. The van der Waals surface area contributed by atoms with E-state index in [9.17, 15) is 9.59 Å². The van der Waals surface area contributed by atoms with Crippen LogP contribution in [0.3, 0.4) is 0 Å². The van der Waals surface area contributed by atoms with Gasteiger partial charge in [0, 0.05) is 24.4 Å². The number of carbonyl (C=O) groups is 2. The molecule has 2 aliphatic rings. The maximum absolute atomic E-state index is 12.1. The van der Waals surface area contributed by atoms with Crippen molar-refractivity contribution in [2.75, 3.05) is 25.9 Å². The Morgan fingerprint density at radius 1 is 1.35 bits per heavy atom. The minimum absolute atomic E-state index is 0.104. The van der Waals surface area contributed by atoms with E-state index in [4.69, 9.17) is 5.11 Å². The normalized spacial score (nSPS) is 25.4. The van der Waals surface area contributed by atoms with Gasteiger partial charge in [-0.1, -0.05) is 19.3 Å². The number of carboxylic acids is 1. The van der Waals surface area contributed by atoms with Crippen molar-refractivity contribution >= 4 is 23.8 Å². The zero-order valence-electron chi connectivity index (χ0n) is 12.1. The number of likely N-dealkylation sites (tertiary alicyclic amines) is 1. The van der Waals surface area contributed by atoms with Gasteiger partial charge in [-0.15, -0.1) is 0 Å². The summed E-state index contributed by atoms with van der Waals surface area (Å²) in [4.78, 5) is 24.7. The van der Waals surface area contributed by atoms with Crippen LogP contribution in [0.1, 0.15) is 38.5 Å². The maximum atomic E-state index is 12.1. The highest BCUT2D eigenvalue weighted by Crippen LogP contribution is 2.38. The number of aliphatic carboxylic acids is 1. The summed E-state index contributed by atoms with van der Waals surface area (Å²) in [5.74, 6) is -1.20. The summed E-state index contributed by atoms with van der Waals surface area (Å²) in [6.07, 6.45) is 8.77. The fraction of sp³-hybridized carbons (Fsp3) is 0.857. The number of hydrogen-bond acceptors (Lipinski definition) is 3. The van der Waals surface area contributed by atoms with E-state index in [1.807, 2.05) is 11.8 Å². The predicted molar refractivity (Wildman–Crippen MR) is 80.0 cm³/mol. The quantitative estimate of drug-likeness (QED) is 0.835. The van der Waals surface area contributed by atoms with E-state index in [1.165, 1.54) is 19.3 Å². The SMILES string of the molecule is CSC1(CNC(=O)N2CCC(C(=O)O)C2)CCCCC1. The molecule has 1 saturated heterocycles. The Balaban J connectivity index is 1.81. The van der Waals surface area contributed by atoms with Gasteiger partial charge in [0.05, 0.1) is 5.92 Å². The van der Waals surface area contributed by atoms with Crippen molar-refractivity contribution in [1.82, 2.24) is 10.2 Å². The minimum Gasteiger partial charge on any atom is -0.481 e. The molecule has 1 heterocycles. The van der Waals surface area contributed by atoms with Gasteiger partial charge >= 0.3 is 12.0 Å². The van der Waals surface area contributed by atoms with Gasteiger partial charge in [-0.25, -0.2) is 4.79 Å². The molecule has 0 aromatic heterocycles. The average Bonchev–Trinajstić information content (AvgIpc) is 2.96. The molecule has 1 aliphatic carbocycles. The molecule has 1 atom stereocenters. The molecule has 0 aromatic rings. The number of nitrogens with zero attached hydrogens (tertiary/aromatic N) is 1. The summed E-state index contributed by atoms with van der Waals surface area (Å²) in [6.45, 7) is 1.59. The molecule has 2 N–H and O–H groups in total. The van der Waals surface area contributed by atoms with E-state index >= 15 is 0 Å². The number of urea groups is 1. The molecule has 2 amide bonds. The van der Waals surface area contributed by atoms with Crippen LogP contribution in [0.15, 0.2) is 0 Å². The molecule has 5 nitrogen and oxygen atoms in total. The molecule has 2 rings (SSSR count). The fourth-order valence-corrected chi connectivity index (χ4v) is 4.06. The first-order valence-corrected chi connectivity index (χ1v) is 8.59. The molecule has 1 saturated carbocycles. The van der Waals surface area contributed by atoms with Gasteiger partial charge in [0.2, 0.25) is 0 Å². The second-order valence-corrected chi connectivity index (χ2v) is 7.15. The van der Waals surface area contributed by atoms with Crippen LogP contribution in [0.2, 0.25) is 0 Å². The van der Waals surface area contributed by atoms with Crippen molar-refractivity contribution < 1.29 is 14.7 Å². The average molecular weight is 300 g/mol. The Morgan fingerprint density at radius 3 is 2.60 bits per heavy atom. The highest BCUT2D eigenvalue weighted by Gasteiger charge is 2.34. The molecular weight excluding hydrogens is 276 g/mol. The van der Waals surface area contributed by atoms with E-state index in [0.717, 1.165) is 12.8 Å². The van der Waals surface area contributed by atoms with Crippen molar-refractivity contribution in [2.45, 2.75) is 43.3 Å². The van der Waals surface area contributed by atoms with Crippen LogP contribution >= 0.6 is 11.8 Å². The molecular formula is C14H24N2O3S. The highest BCUT2D eigenvalue weighted by molar-refractivity contribution is 8.00. The first kappa shape index (κ1) is 15.5. The summed E-state index contributed by atoms with van der Waals surface area (Å²) >= 11 is 1.86. The molecule has 0 spiro atoms. The van der Waals surface area contributed by atoms with Crippen LogP contribution in [-0.2, 0) is 4.79 Å². The number of nitrogens with one attached hydrogen (secondary N) is 1. The first-order chi connectivity index (χ1) is 9.56. The van der Waals surface area contributed by atoms with E-state index in [0.29, 0.717) is 26.1 Å². The van der Waals surface area contributed by atoms with Crippen molar-refractivity contribution in [3.05, 3.63) is 0 Å². The summed E-state index contributed by atoms with van der Waals surface area (Å²) in [5, 5.41) is 12.0. The van der Waals surface area contributed by atoms with Crippen molar-refractivity contribution in [1.29, 1.82) is 0 Å². The van der Waals surface area contributed by atoms with Gasteiger partial charge in [0.15, 0.2) is 0 Å². The van der Waals surface area contributed by atoms with Crippen molar-refractivity contribution in [3.63, 3.8) is 0 Å². The number of amides is 2. The van der Waals surface area contributed by atoms with Gasteiger partial charge in [-0.2, -0.15) is 11.8 Å². The number of hydrogen-bond donors (Lipinski definition) is 2. The molecule has 0 aromatic carbocycles. The Bertz CT molecular complexity index is 369. The monoisotopic (exact) mass is 300 g/mol. The second kappa shape index (κ2) is 6.70. The van der Waals surface area contributed by atoms with Crippen LogP contribution in [0.4, 0.5) is 4.79 Å². The van der Waals surface area contributed by atoms with Crippen molar-refractivity contribution in [2.24, 2.45) is 5.92 Å². The predicted octanol–water partition coefficient (Wildman–Crippen LogP) is 2.17. The van der Waals surface area contributed by atoms with E-state index < -0.39 is 11.9 Å². The number of carbonyl (C=O) groups excluding carboxylic acids is 1. The van der Waals surface area contributed by atoms with Gasteiger partial charge in [-0.05, 0) is 25.5 Å². The van der Waals surface area contributed by atoms with Gasteiger partial charge in [0.1, 0.15) is 0 Å². The smallest absolute Gasteiger partial charge is 0.317 e.